The molecule has 1 saturated carbocycles. The number of thiazole rings is 1. The summed E-state index contributed by atoms with van der Waals surface area (Å²) in [5, 5.41) is 3.69. The van der Waals surface area contributed by atoms with Crippen molar-refractivity contribution < 1.29 is 9.53 Å². The molecule has 0 atom stereocenters. The molecule has 5 nitrogen and oxygen atoms in total. The van der Waals surface area contributed by atoms with Crippen LogP contribution in [0.15, 0.2) is 48.7 Å². The maximum Gasteiger partial charge on any atom is 0.244 e. The predicted molar refractivity (Wildman–Crippen MR) is 108 cm³/mol. The van der Waals surface area contributed by atoms with E-state index in [0.717, 1.165) is 33.6 Å². The Labute approximate surface area is 162 Å². The van der Waals surface area contributed by atoms with E-state index in [9.17, 15) is 4.79 Å². The van der Waals surface area contributed by atoms with Gasteiger partial charge in [0.05, 0.1) is 10.2 Å². The van der Waals surface area contributed by atoms with Crippen molar-refractivity contribution in [3.05, 3.63) is 59.2 Å². The van der Waals surface area contributed by atoms with Gasteiger partial charge in [0.2, 0.25) is 11.8 Å². The molecule has 2 aromatic heterocycles. The lowest BCUT2D eigenvalue weighted by Crippen LogP contribution is -2.20. The molecule has 138 valence electrons. The minimum atomic E-state index is -0.152. The van der Waals surface area contributed by atoms with E-state index >= 15 is 0 Å². The van der Waals surface area contributed by atoms with E-state index in [1.54, 1.807) is 23.6 Å². The first-order valence-corrected chi connectivity index (χ1v) is 10.0. The number of ether oxygens (including phenoxy) is 1. The number of nitrogens with zero attached hydrogens (tertiary/aromatic N) is 2. The largest absolute Gasteiger partial charge is 0.474 e. The molecule has 0 radical (unpaired) electrons. The van der Waals surface area contributed by atoms with Crippen LogP contribution in [-0.4, -0.2) is 22.0 Å². The van der Waals surface area contributed by atoms with Crippen molar-refractivity contribution in [1.29, 1.82) is 0 Å². The highest BCUT2D eigenvalue weighted by molar-refractivity contribution is 7.19. The van der Waals surface area contributed by atoms with Gasteiger partial charge in [0.15, 0.2) is 0 Å². The predicted octanol–water partition coefficient (Wildman–Crippen LogP) is 4.34. The molecule has 1 aliphatic rings. The van der Waals surface area contributed by atoms with Crippen LogP contribution in [0, 0.1) is 0 Å². The van der Waals surface area contributed by atoms with Crippen molar-refractivity contribution in [3.63, 3.8) is 0 Å². The Balaban J connectivity index is 1.28. The fourth-order valence-electron chi connectivity index (χ4n) is 3.12. The molecule has 0 aliphatic heterocycles. The van der Waals surface area contributed by atoms with Crippen molar-refractivity contribution in [2.45, 2.75) is 38.3 Å². The molecule has 2 heterocycles. The van der Waals surface area contributed by atoms with Crippen LogP contribution in [0.1, 0.15) is 36.3 Å². The van der Waals surface area contributed by atoms with Crippen LogP contribution in [0.3, 0.4) is 0 Å². The Morgan fingerprint density at radius 2 is 2.07 bits per heavy atom. The van der Waals surface area contributed by atoms with Crippen LogP contribution < -0.4 is 10.1 Å². The Bertz CT molecular complexity index is 910. The molecule has 6 heteroatoms. The zero-order valence-electron chi connectivity index (χ0n) is 14.9. The van der Waals surface area contributed by atoms with Gasteiger partial charge in [-0.15, -0.1) is 11.3 Å². The molecule has 27 heavy (non-hydrogen) atoms. The average Bonchev–Trinajstić information content (AvgIpc) is 3.35. The highest BCUT2D eigenvalue weighted by Crippen LogP contribution is 2.23. The van der Waals surface area contributed by atoms with Gasteiger partial charge in [0.25, 0.3) is 0 Å². The van der Waals surface area contributed by atoms with Crippen molar-refractivity contribution in [2.24, 2.45) is 0 Å². The lowest BCUT2D eigenvalue weighted by Gasteiger charge is -2.12. The van der Waals surface area contributed by atoms with E-state index in [4.69, 9.17) is 4.74 Å². The van der Waals surface area contributed by atoms with E-state index in [2.05, 4.69) is 15.3 Å². The van der Waals surface area contributed by atoms with Crippen LogP contribution in [0.4, 0.5) is 0 Å². The summed E-state index contributed by atoms with van der Waals surface area (Å²) in [6, 6.07) is 11.7. The van der Waals surface area contributed by atoms with Crippen LogP contribution in [0.2, 0.25) is 0 Å². The number of carbonyl (C=O) groups is 1. The number of hydrogen-bond donors (Lipinski definition) is 1. The van der Waals surface area contributed by atoms with E-state index in [0.29, 0.717) is 18.5 Å². The molecule has 1 fully saturated rings. The number of aromatic nitrogens is 2. The van der Waals surface area contributed by atoms with E-state index < -0.39 is 0 Å². The van der Waals surface area contributed by atoms with Crippen molar-refractivity contribution >= 4 is 33.5 Å². The van der Waals surface area contributed by atoms with E-state index in [1.807, 2.05) is 36.4 Å². The topological polar surface area (TPSA) is 64.1 Å². The zero-order valence-corrected chi connectivity index (χ0v) is 15.7. The summed E-state index contributed by atoms with van der Waals surface area (Å²) in [7, 11) is 0. The lowest BCUT2D eigenvalue weighted by atomic mass is 10.3. The lowest BCUT2D eigenvalue weighted by molar-refractivity contribution is -0.116. The number of carbonyl (C=O) groups excluding carboxylic acids is 1. The molecular weight excluding hydrogens is 358 g/mol. The molecule has 3 aromatic rings. The van der Waals surface area contributed by atoms with E-state index in [-0.39, 0.29) is 5.91 Å². The minimum Gasteiger partial charge on any atom is -0.474 e. The first-order chi connectivity index (χ1) is 13.3. The van der Waals surface area contributed by atoms with Gasteiger partial charge in [-0.2, -0.15) is 0 Å². The monoisotopic (exact) mass is 379 g/mol. The quantitative estimate of drug-likeness (QED) is 0.647. The number of nitrogens with one attached hydrogen (secondary N) is 1. The molecule has 1 aliphatic carbocycles. The molecular formula is C21H21N3O2S. The normalized spacial score (nSPS) is 14.8. The van der Waals surface area contributed by atoms with Gasteiger partial charge in [-0.1, -0.05) is 18.2 Å². The minimum absolute atomic E-state index is 0.152. The summed E-state index contributed by atoms with van der Waals surface area (Å²) in [4.78, 5) is 20.9. The second-order valence-corrected chi connectivity index (χ2v) is 7.66. The molecule has 0 unspecified atom stereocenters. The zero-order chi connectivity index (χ0) is 18.5. The third-order valence-electron chi connectivity index (χ3n) is 4.54. The van der Waals surface area contributed by atoms with Gasteiger partial charge >= 0.3 is 0 Å². The van der Waals surface area contributed by atoms with Crippen LogP contribution in [-0.2, 0) is 11.3 Å². The summed E-state index contributed by atoms with van der Waals surface area (Å²) in [5.41, 5.74) is 1.89. The summed E-state index contributed by atoms with van der Waals surface area (Å²) in [6.45, 7) is 0.430. The number of pyridine rings is 1. The second kappa shape index (κ2) is 8.31. The van der Waals surface area contributed by atoms with Crippen LogP contribution in [0.5, 0.6) is 5.88 Å². The number of rotatable bonds is 6. The Morgan fingerprint density at radius 1 is 1.22 bits per heavy atom. The van der Waals surface area contributed by atoms with E-state index in [1.165, 1.54) is 18.9 Å². The van der Waals surface area contributed by atoms with Gasteiger partial charge in [-0.25, -0.2) is 9.97 Å². The highest BCUT2D eigenvalue weighted by atomic mass is 32.1. The average molecular weight is 379 g/mol. The standard InChI is InChI=1S/C21H21N3O2S/c25-19(10-12-21-24-17-7-3-4-8-18(17)27-21)22-13-15-9-11-20(23-14-15)26-16-5-1-2-6-16/h3-4,7-12,14,16H,1-2,5-6,13H2,(H,22,25)/b12-10+. The van der Waals surface area contributed by atoms with Crippen LogP contribution in [0.25, 0.3) is 16.3 Å². The number of fused-ring (bicyclic) bond motifs is 1. The molecule has 4 rings (SSSR count). The fourth-order valence-corrected chi connectivity index (χ4v) is 3.99. The van der Waals surface area contributed by atoms with Crippen molar-refractivity contribution in [3.8, 4) is 5.88 Å². The maximum absolute atomic E-state index is 12.0. The Hall–Kier alpha value is -2.73. The number of amides is 1. The van der Waals surface area contributed by atoms with Gasteiger partial charge in [-0.05, 0) is 49.5 Å². The SMILES string of the molecule is O=C(/C=C/c1nc2ccccc2s1)NCc1ccc(OC2CCCC2)nc1. The first kappa shape index (κ1) is 17.7. The summed E-state index contributed by atoms with van der Waals surface area (Å²) in [5.74, 6) is 0.508. The molecule has 1 aromatic carbocycles. The van der Waals surface area contributed by atoms with Gasteiger partial charge in [0.1, 0.15) is 11.1 Å². The number of benzene rings is 1. The first-order valence-electron chi connectivity index (χ1n) is 9.19. The summed E-state index contributed by atoms with van der Waals surface area (Å²) < 4.78 is 6.97. The Kier molecular flexibility index (Phi) is 5.44. The molecule has 0 bridgehead atoms. The molecule has 0 spiro atoms. The highest BCUT2D eigenvalue weighted by Gasteiger charge is 2.16. The van der Waals surface area contributed by atoms with Crippen molar-refractivity contribution in [1.82, 2.24) is 15.3 Å². The molecule has 1 amide bonds. The Morgan fingerprint density at radius 3 is 2.85 bits per heavy atom. The fraction of sp³-hybridized carbons (Fsp3) is 0.286. The molecule has 1 N–H and O–H groups in total. The maximum atomic E-state index is 12.0. The van der Waals surface area contributed by atoms with Gasteiger partial charge in [-0.3, -0.25) is 4.79 Å². The van der Waals surface area contributed by atoms with Gasteiger partial charge < -0.3 is 10.1 Å². The summed E-state index contributed by atoms with van der Waals surface area (Å²) >= 11 is 1.57. The molecule has 0 saturated heterocycles. The number of hydrogen-bond acceptors (Lipinski definition) is 5. The second-order valence-electron chi connectivity index (χ2n) is 6.60. The number of para-hydroxylation sites is 1. The third-order valence-corrected chi connectivity index (χ3v) is 5.54. The third kappa shape index (κ3) is 4.71. The summed E-state index contributed by atoms with van der Waals surface area (Å²) in [6.07, 6.45) is 10.0. The van der Waals surface area contributed by atoms with Crippen LogP contribution >= 0.6 is 11.3 Å². The van der Waals surface area contributed by atoms with Crippen molar-refractivity contribution in [2.75, 3.05) is 0 Å². The van der Waals surface area contributed by atoms with Gasteiger partial charge in [0, 0.05) is 24.9 Å². The smallest absolute Gasteiger partial charge is 0.244 e.